The third-order valence-electron chi connectivity index (χ3n) is 2.64. The second-order valence-corrected chi connectivity index (χ2v) is 4.20. The Balaban J connectivity index is 2.24. The number of hydrogen-bond donors (Lipinski definition) is 1. The molecule has 1 amide bonds. The molecule has 96 valence electrons. The average Bonchev–Trinajstić information content (AvgIpc) is 2.92. The lowest BCUT2D eigenvalue weighted by Gasteiger charge is -2.02. The molecular weight excluding hydrogens is 230 g/mol. The Bertz CT molecular complexity index is 554. The molecular formula is C13H17N3O2. The predicted molar refractivity (Wildman–Crippen MR) is 68.3 cm³/mol. The largest absolute Gasteiger partial charge is 0.460 e. The van der Waals surface area contributed by atoms with Gasteiger partial charge < -0.3 is 9.73 Å². The van der Waals surface area contributed by atoms with Gasteiger partial charge in [0.25, 0.3) is 5.91 Å². The number of carbonyl (C=O) groups excluding carboxylic acids is 1. The molecule has 0 radical (unpaired) electrons. The number of furan rings is 1. The first-order chi connectivity index (χ1) is 8.61. The summed E-state index contributed by atoms with van der Waals surface area (Å²) >= 11 is 0. The van der Waals surface area contributed by atoms with Gasteiger partial charge in [0.1, 0.15) is 17.1 Å². The van der Waals surface area contributed by atoms with Crippen molar-refractivity contribution >= 4 is 5.91 Å². The van der Waals surface area contributed by atoms with Gasteiger partial charge in [-0.1, -0.05) is 6.92 Å². The standard InChI is InChI=1S/C13H17N3O2/c1-4-7-14-13(17)11-8-10(15-16(11)3)12-6-5-9(2)18-12/h5-6,8H,4,7H2,1-3H3,(H,14,17). The zero-order valence-electron chi connectivity index (χ0n) is 10.9. The van der Waals surface area contributed by atoms with Crippen LogP contribution in [0.3, 0.4) is 0 Å². The van der Waals surface area contributed by atoms with E-state index in [9.17, 15) is 4.79 Å². The van der Waals surface area contributed by atoms with Gasteiger partial charge in [-0.25, -0.2) is 0 Å². The molecule has 0 aromatic carbocycles. The van der Waals surface area contributed by atoms with Crippen LogP contribution in [0.1, 0.15) is 29.6 Å². The van der Waals surface area contributed by atoms with Gasteiger partial charge >= 0.3 is 0 Å². The van der Waals surface area contributed by atoms with E-state index in [1.54, 1.807) is 17.8 Å². The van der Waals surface area contributed by atoms with Crippen LogP contribution in [0.15, 0.2) is 22.6 Å². The van der Waals surface area contributed by atoms with Crippen LogP contribution >= 0.6 is 0 Å². The van der Waals surface area contributed by atoms with E-state index in [1.165, 1.54) is 0 Å². The Morgan fingerprint density at radius 3 is 2.89 bits per heavy atom. The van der Waals surface area contributed by atoms with Crippen LogP contribution in [0.4, 0.5) is 0 Å². The van der Waals surface area contributed by atoms with Gasteiger partial charge in [-0.05, 0) is 25.5 Å². The summed E-state index contributed by atoms with van der Waals surface area (Å²) in [7, 11) is 1.75. The van der Waals surface area contributed by atoms with Crippen molar-refractivity contribution < 1.29 is 9.21 Å². The number of aryl methyl sites for hydroxylation is 2. The van der Waals surface area contributed by atoms with E-state index in [-0.39, 0.29) is 5.91 Å². The van der Waals surface area contributed by atoms with Crippen LogP contribution in [0.5, 0.6) is 0 Å². The van der Waals surface area contributed by atoms with Crippen LogP contribution in [-0.4, -0.2) is 22.2 Å². The Hall–Kier alpha value is -2.04. The molecule has 18 heavy (non-hydrogen) atoms. The first-order valence-electron chi connectivity index (χ1n) is 6.01. The molecule has 2 aromatic heterocycles. The van der Waals surface area contributed by atoms with E-state index in [2.05, 4.69) is 10.4 Å². The maximum absolute atomic E-state index is 11.9. The molecule has 0 aliphatic carbocycles. The third kappa shape index (κ3) is 2.45. The first kappa shape index (κ1) is 12.4. The fourth-order valence-electron chi connectivity index (χ4n) is 1.70. The summed E-state index contributed by atoms with van der Waals surface area (Å²) in [4.78, 5) is 11.9. The Morgan fingerprint density at radius 2 is 2.28 bits per heavy atom. The summed E-state index contributed by atoms with van der Waals surface area (Å²) in [6.07, 6.45) is 0.911. The number of carbonyl (C=O) groups is 1. The number of rotatable bonds is 4. The highest BCUT2D eigenvalue weighted by atomic mass is 16.3. The second-order valence-electron chi connectivity index (χ2n) is 4.20. The summed E-state index contributed by atoms with van der Waals surface area (Å²) in [5.74, 6) is 1.40. The van der Waals surface area contributed by atoms with Gasteiger partial charge in [0.2, 0.25) is 0 Å². The molecule has 0 bridgehead atoms. The molecule has 2 aromatic rings. The van der Waals surface area contributed by atoms with Crippen molar-refractivity contribution in [3.8, 4) is 11.5 Å². The highest BCUT2D eigenvalue weighted by Crippen LogP contribution is 2.21. The number of aromatic nitrogens is 2. The highest BCUT2D eigenvalue weighted by Gasteiger charge is 2.15. The molecule has 2 rings (SSSR count). The monoisotopic (exact) mass is 247 g/mol. The highest BCUT2D eigenvalue weighted by molar-refractivity contribution is 5.93. The predicted octanol–water partition coefficient (Wildman–Crippen LogP) is 2.13. The lowest BCUT2D eigenvalue weighted by atomic mass is 10.3. The molecule has 2 heterocycles. The molecule has 1 N–H and O–H groups in total. The Morgan fingerprint density at radius 1 is 1.50 bits per heavy atom. The van der Waals surface area contributed by atoms with E-state index in [0.29, 0.717) is 23.7 Å². The van der Waals surface area contributed by atoms with Crippen molar-refractivity contribution in [1.82, 2.24) is 15.1 Å². The fourth-order valence-corrected chi connectivity index (χ4v) is 1.70. The molecule has 0 aliphatic rings. The average molecular weight is 247 g/mol. The molecule has 0 fully saturated rings. The third-order valence-corrected chi connectivity index (χ3v) is 2.64. The molecule has 5 nitrogen and oxygen atoms in total. The zero-order chi connectivity index (χ0) is 13.1. The maximum atomic E-state index is 11.9. The SMILES string of the molecule is CCCNC(=O)c1cc(-c2ccc(C)o2)nn1C. The number of amides is 1. The summed E-state index contributed by atoms with van der Waals surface area (Å²) < 4.78 is 7.06. The smallest absolute Gasteiger partial charge is 0.269 e. The minimum Gasteiger partial charge on any atom is -0.460 e. The summed E-state index contributed by atoms with van der Waals surface area (Å²) in [5, 5.41) is 7.11. The maximum Gasteiger partial charge on any atom is 0.269 e. The summed E-state index contributed by atoms with van der Waals surface area (Å²) in [5.41, 5.74) is 1.21. The molecule has 0 atom stereocenters. The van der Waals surface area contributed by atoms with Crippen molar-refractivity contribution in [2.45, 2.75) is 20.3 Å². The van der Waals surface area contributed by atoms with Gasteiger partial charge in [0, 0.05) is 19.7 Å². The minimum absolute atomic E-state index is 0.110. The van der Waals surface area contributed by atoms with Crippen LogP contribution in [0.25, 0.3) is 11.5 Å². The molecule has 5 heteroatoms. The lowest BCUT2D eigenvalue weighted by molar-refractivity contribution is 0.0944. The Kier molecular flexibility index (Phi) is 3.50. The van der Waals surface area contributed by atoms with Crippen molar-refractivity contribution in [3.05, 3.63) is 29.7 Å². The van der Waals surface area contributed by atoms with Crippen molar-refractivity contribution in [1.29, 1.82) is 0 Å². The van der Waals surface area contributed by atoms with Gasteiger partial charge in [-0.15, -0.1) is 0 Å². The van der Waals surface area contributed by atoms with E-state index in [4.69, 9.17) is 4.42 Å². The quantitative estimate of drug-likeness (QED) is 0.900. The first-order valence-corrected chi connectivity index (χ1v) is 6.01. The minimum atomic E-state index is -0.110. The summed E-state index contributed by atoms with van der Waals surface area (Å²) in [6, 6.07) is 5.47. The number of nitrogens with zero attached hydrogens (tertiary/aromatic N) is 2. The molecule has 0 saturated heterocycles. The molecule has 0 aliphatic heterocycles. The fraction of sp³-hybridized carbons (Fsp3) is 0.385. The van der Waals surface area contributed by atoms with E-state index >= 15 is 0 Å². The van der Waals surface area contributed by atoms with Crippen LogP contribution in [0.2, 0.25) is 0 Å². The van der Waals surface area contributed by atoms with Crippen molar-refractivity contribution in [2.75, 3.05) is 6.54 Å². The molecule has 0 spiro atoms. The van der Waals surface area contributed by atoms with Gasteiger partial charge in [-0.2, -0.15) is 5.10 Å². The topological polar surface area (TPSA) is 60.1 Å². The van der Waals surface area contributed by atoms with Gasteiger partial charge in [0.15, 0.2) is 5.76 Å². The van der Waals surface area contributed by atoms with Gasteiger partial charge in [0.05, 0.1) is 0 Å². The molecule has 0 unspecified atom stereocenters. The van der Waals surface area contributed by atoms with E-state index in [0.717, 1.165) is 12.2 Å². The van der Waals surface area contributed by atoms with Crippen LogP contribution in [-0.2, 0) is 7.05 Å². The lowest BCUT2D eigenvalue weighted by Crippen LogP contribution is -2.26. The van der Waals surface area contributed by atoms with E-state index < -0.39 is 0 Å². The zero-order valence-corrected chi connectivity index (χ0v) is 10.9. The normalized spacial score (nSPS) is 10.6. The summed E-state index contributed by atoms with van der Waals surface area (Å²) in [6.45, 7) is 4.56. The number of nitrogens with one attached hydrogen (secondary N) is 1. The van der Waals surface area contributed by atoms with E-state index in [1.807, 2.05) is 26.0 Å². The van der Waals surface area contributed by atoms with Crippen LogP contribution < -0.4 is 5.32 Å². The Labute approximate surface area is 106 Å². The van der Waals surface area contributed by atoms with Crippen LogP contribution in [0, 0.1) is 6.92 Å². The number of hydrogen-bond acceptors (Lipinski definition) is 3. The molecule has 0 saturated carbocycles. The van der Waals surface area contributed by atoms with Crippen molar-refractivity contribution in [2.24, 2.45) is 7.05 Å². The second kappa shape index (κ2) is 5.08. The van der Waals surface area contributed by atoms with Gasteiger partial charge in [-0.3, -0.25) is 9.48 Å². The van der Waals surface area contributed by atoms with Crippen molar-refractivity contribution in [3.63, 3.8) is 0 Å².